The Morgan fingerprint density at radius 2 is 2.05 bits per heavy atom. The number of carbonyl (C=O) groups is 1. The lowest BCUT2D eigenvalue weighted by molar-refractivity contribution is -0.147. The second-order valence-electron chi connectivity index (χ2n) is 6.23. The summed E-state index contributed by atoms with van der Waals surface area (Å²) in [5.74, 6) is -0.700. The van der Waals surface area contributed by atoms with Crippen LogP contribution in [-0.2, 0) is 4.79 Å². The summed E-state index contributed by atoms with van der Waals surface area (Å²) in [6, 6.07) is 0.382. The highest BCUT2D eigenvalue weighted by molar-refractivity contribution is 5.79. The highest BCUT2D eigenvalue weighted by Crippen LogP contribution is 2.31. The quantitative estimate of drug-likeness (QED) is 0.703. The van der Waals surface area contributed by atoms with Crippen LogP contribution in [0, 0.1) is 0 Å². The Kier molecular flexibility index (Phi) is 6.92. The van der Waals surface area contributed by atoms with Crippen molar-refractivity contribution in [3.63, 3.8) is 0 Å². The van der Waals surface area contributed by atoms with Crippen molar-refractivity contribution in [2.75, 3.05) is 40.8 Å². The van der Waals surface area contributed by atoms with Crippen molar-refractivity contribution in [2.45, 2.75) is 50.6 Å². The van der Waals surface area contributed by atoms with Crippen molar-refractivity contribution >= 4 is 5.97 Å². The summed E-state index contributed by atoms with van der Waals surface area (Å²) < 4.78 is 0. The lowest BCUT2D eigenvalue weighted by Gasteiger charge is -2.42. The number of likely N-dealkylation sites (N-methyl/N-ethyl adjacent to an activating group) is 2. The molecule has 0 aromatic rings. The number of rotatable bonds is 8. The van der Waals surface area contributed by atoms with Crippen LogP contribution in [0.25, 0.3) is 0 Å². The molecule has 0 aliphatic heterocycles. The largest absolute Gasteiger partial charge is 0.480 e. The van der Waals surface area contributed by atoms with Gasteiger partial charge < -0.3 is 15.3 Å². The lowest BCUT2D eigenvalue weighted by Crippen LogP contribution is -2.57. The Morgan fingerprint density at radius 1 is 1.35 bits per heavy atom. The fourth-order valence-electron chi connectivity index (χ4n) is 3.18. The van der Waals surface area contributed by atoms with E-state index in [-0.39, 0.29) is 0 Å². The third-order valence-corrected chi connectivity index (χ3v) is 4.47. The standard InChI is InChI=1S/C15H31N3O2/c1-5-9-18(11-10-17(3)4)13-7-6-8-15(12-13,16-2)14(19)20/h13,16H,5-12H2,1-4H3,(H,19,20). The van der Waals surface area contributed by atoms with Crippen molar-refractivity contribution in [3.05, 3.63) is 0 Å². The molecule has 118 valence electrons. The van der Waals surface area contributed by atoms with E-state index < -0.39 is 11.5 Å². The molecule has 0 amide bonds. The van der Waals surface area contributed by atoms with E-state index in [9.17, 15) is 9.90 Å². The number of hydrogen-bond donors (Lipinski definition) is 2. The molecule has 2 atom stereocenters. The van der Waals surface area contributed by atoms with Gasteiger partial charge in [0.25, 0.3) is 0 Å². The van der Waals surface area contributed by atoms with Gasteiger partial charge in [0.1, 0.15) is 5.54 Å². The van der Waals surface area contributed by atoms with E-state index in [1.165, 1.54) is 0 Å². The second kappa shape index (κ2) is 7.96. The van der Waals surface area contributed by atoms with Crippen LogP contribution in [0.1, 0.15) is 39.0 Å². The van der Waals surface area contributed by atoms with Gasteiger partial charge in [0.2, 0.25) is 0 Å². The summed E-state index contributed by atoms with van der Waals surface area (Å²) in [4.78, 5) is 16.3. The average Bonchev–Trinajstić information content (AvgIpc) is 2.43. The number of carboxylic acid groups (broad SMARTS) is 1. The van der Waals surface area contributed by atoms with Crippen LogP contribution in [0.5, 0.6) is 0 Å². The molecule has 0 radical (unpaired) electrons. The molecule has 1 aliphatic carbocycles. The summed E-state index contributed by atoms with van der Waals surface area (Å²) in [5, 5.41) is 12.6. The number of nitrogens with one attached hydrogen (secondary N) is 1. The van der Waals surface area contributed by atoms with Gasteiger partial charge in [0, 0.05) is 19.1 Å². The molecule has 0 bridgehead atoms. The van der Waals surface area contributed by atoms with Crippen LogP contribution >= 0.6 is 0 Å². The normalized spacial score (nSPS) is 27.2. The monoisotopic (exact) mass is 285 g/mol. The number of carboxylic acids is 1. The van der Waals surface area contributed by atoms with Crippen molar-refractivity contribution in [1.82, 2.24) is 15.1 Å². The van der Waals surface area contributed by atoms with Crippen LogP contribution in [0.3, 0.4) is 0 Å². The molecule has 5 nitrogen and oxygen atoms in total. The third-order valence-electron chi connectivity index (χ3n) is 4.47. The first kappa shape index (κ1) is 17.4. The molecule has 1 aliphatic rings. The minimum absolute atomic E-state index is 0.382. The molecule has 2 unspecified atom stereocenters. The van der Waals surface area contributed by atoms with Crippen molar-refractivity contribution in [2.24, 2.45) is 0 Å². The maximum absolute atomic E-state index is 11.6. The van der Waals surface area contributed by atoms with E-state index in [1.54, 1.807) is 7.05 Å². The van der Waals surface area contributed by atoms with Gasteiger partial charge >= 0.3 is 5.97 Å². The molecule has 0 spiro atoms. The van der Waals surface area contributed by atoms with Gasteiger partial charge in [-0.2, -0.15) is 0 Å². The smallest absolute Gasteiger partial charge is 0.323 e. The Hall–Kier alpha value is -0.650. The zero-order valence-electron chi connectivity index (χ0n) is 13.5. The third kappa shape index (κ3) is 4.43. The highest BCUT2D eigenvalue weighted by atomic mass is 16.4. The molecule has 5 heteroatoms. The van der Waals surface area contributed by atoms with Crippen molar-refractivity contribution < 1.29 is 9.90 Å². The van der Waals surface area contributed by atoms with E-state index in [4.69, 9.17) is 0 Å². The van der Waals surface area contributed by atoms with Gasteiger partial charge in [0.15, 0.2) is 0 Å². The van der Waals surface area contributed by atoms with E-state index in [0.29, 0.717) is 12.5 Å². The fourth-order valence-corrected chi connectivity index (χ4v) is 3.18. The van der Waals surface area contributed by atoms with Crippen molar-refractivity contribution in [3.8, 4) is 0 Å². The molecule has 20 heavy (non-hydrogen) atoms. The van der Waals surface area contributed by atoms with E-state index in [2.05, 4.69) is 36.1 Å². The SMILES string of the molecule is CCCN(CCN(C)C)C1CCCC(NC)(C(=O)O)C1. The molecule has 0 heterocycles. The van der Waals surface area contributed by atoms with Crippen LogP contribution in [0.4, 0.5) is 0 Å². The predicted octanol–water partition coefficient (Wildman–Crippen LogP) is 1.25. The molecule has 2 N–H and O–H groups in total. The first-order valence-electron chi connectivity index (χ1n) is 7.76. The fraction of sp³-hybridized carbons (Fsp3) is 0.933. The molecule has 1 rings (SSSR count). The van der Waals surface area contributed by atoms with Crippen LogP contribution in [-0.4, -0.2) is 73.2 Å². The molecule has 0 aromatic heterocycles. The average molecular weight is 285 g/mol. The van der Waals surface area contributed by atoms with Gasteiger partial charge in [-0.05, 0) is 59.8 Å². The van der Waals surface area contributed by atoms with E-state index in [1.807, 2.05) is 0 Å². The van der Waals surface area contributed by atoms with Gasteiger partial charge in [-0.3, -0.25) is 9.69 Å². The van der Waals surface area contributed by atoms with Crippen LogP contribution in [0.15, 0.2) is 0 Å². The minimum atomic E-state index is -0.729. The lowest BCUT2D eigenvalue weighted by atomic mass is 9.78. The van der Waals surface area contributed by atoms with Gasteiger partial charge in [-0.15, -0.1) is 0 Å². The summed E-state index contributed by atoms with van der Waals surface area (Å²) in [5.41, 5.74) is -0.729. The predicted molar refractivity (Wildman–Crippen MR) is 82.1 cm³/mol. The minimum Gasteiger partial charge on any atom is -0.480 e. The first-order chi connectivity index (χ1) is 9.45. The van der Waals surface area contributed by atoms with Gasteiger partial charge in [0.05, 0.1) is 0 Å². The number of aliphatic carboxylic acids is 1. The Balaban J connectivity index is 2.72. The zero-order valence-corrected chi connectivity index (χ0v) is 13.5. The van der Waals surface area contributed by atoms with E-state index >= 15 is 0 Å². The molecular formula is C15H31N3O2. The summed E-state index contributed by atoms with van der Waals surface area (Å²) in [6.07, 6.45) is 4.67. The molecule has 1 fully saturated rings. The summed E-state index contributed by atoms with van der Waals surface area (Å²) in [6.45, 7) is 5.28. The summed E-state index contributed by atoms with van der Waals surface area (Å²) >= 11 is 0. The maximum atomic E-state index is 11.6. The summed E-state index contributed by atoms with van der Waals surface area (Å²) in [7, 11) is 5.95. The molecule has 0 saturated heterocycles. The van der Waals surface area contributed by atoms with Crippen LogP contribution < -0.4 is 5.32 Å². The second-order valence-corrected chi connectivity index (χ2v) is 6.23. The Morgan fingerprint density at radius 3 is 2.55 bits per heavy atom. The molecule has 0 aromatic carbocycles. The number of nitrogens with zero attached hydrogens (tertiary/aromatic N) is 2. The van der Waals surface area contributed by atoms with Crippen LogP contribution in [0.2, 0.25) is 0 Å². The number of hydrogen-bond acceptors (Lipinski definition) is 4. The Bertz CT molecular complexity index is 309. The maximum Gasteiger partial charge on any atom is 0.323 e. The first-order valence-corrected chi connectivity index (χ1v) is 7.76. The Labute approximate surface area is 123 Å². The van der Waals surface area contributed by atoms with Crippen molar-refractivity contribution in [1.29, 1.82) is 0 Å². The highest BCUT2D eigenvalue weighted by Gasteiger charge is 2.42. The molecule has 1 saturated carbocycles. The van der Waals surface area contributed by atoms with E-state index in [0.717, 1.165) is 45.3 Å². The topological polar surface area (TPSA) is 55.8 Å². The van der Waals surface area contributed by atoms with Gasteiger partial charge in [-0.1, -0.05) is 6.92 Å². The zero-order chi connectivity index (χ0) is 15.2. The van der Waals surface area contributed by atoms with Gasteiger partial charge in [-0.25, -0.2) is 0 Å². The molecular weight excluding hydrogens is 254 g/mol.